The van der Waals surface area contributed by atoms with E-state index in [4.69, 9.17) is 13.9 Å². The monoisotopic (exact) mass is 376 g/mol. The molecule has 1 atom stereocenters. The number of amides is 1. The summed E-state index contributed by atoms with van der Waals surface area (Å²) in [5.74, 6) is 1.88. The molecule has 6 heteroatoms. The lowest BCUT2D eigenvalue weighted by Gasteiger charge is -2.19. The highest BCUT2D eigenvalue weighted by Crippen LogP contribution is 2.33. The number of ether oxygens (including phenoxy) is 2. The summed E-state index contributed by atoms with van der Waals surface area (Å²) in [7, 11) is 1.63. The highest BCUT2D eigenvalue weighted by molar-refractivity contribution is 6.03. The number of para-hydroxylation sites is 1. The average molecular weight is 376 g/mol. The third-order valence-electron chi connectivity index (χ3n) is 4.57. The first kappa shape index (κ1) is 17.9. The number of benzene rings is 2. The smallest absolute Gasteiger partial charge is 0.281 e. The number of hydrogen-bond acceptors (Lipinski definition) is 5. The standard InChI is InChI=1S/C22H20N2O4/c1-26-17-11-9-16(10-12-17)19-14-20(21-8-5-13-27-21)24(23-19)22(25)15-28-18-6-3-2-4-7-18/h2-13,20H,14-15H2,1H3/t20-/m0/s1. The van der Waals surface area contributed by atoms with Gasteiger partial charge in [-0.3, -0.25) is 4.79 Å². The van der Waals surface area contributed by atoms with E-state index in [1.165, 1.54) is 5.01 Å². The maximum atomic E-state index is 12.8. The molecule has 1 aliphatic rings. The van der Waals surface area contributed by atoms with Crippen LogP contribution in [0, 0.1) is 0 Å². The summed E-state index contributed by atoms with van der Waals surface area (Å²) in [4.78, 5) is 12.8. The van der Waals surface area contributed by atoms with Crippen LogP contribution in [-0.2, 0) is 4.79 Å². The van der Waals surface area contributed by atoms with E-state index >= 15 is 0 Å². The first-order valence-electron chi connectivity index (χ1n) is 9.00. The molecule has 0 unspecified atom stereocenters. The zero-order valence-electron chi connectivity index (χ0n) is 15.4. The topological polar surface area (TPSA) is 64.3 Å². The summed E-state index contributed by atoms with van der Waals surface area (Å²) in [6, 6.07) is 20.2. The van der Waals surface area contributed by atoms with Crippen LogP contribution in [0.4, 0.5) is 0 Å². The van der Waals surface area contributed by atoms with Crippen molar-refractivity contribution in [2.45, 2.75) is 12.5 Å². The van der Waals surface area contributed by atoms with Gasteiger partial charge >= 0.3 is 0 Å². The van der Waals surface area contributed by atoms with Gasteiger partial charge in [-0.15, -0.1) is 0 Å². The Bertz CT molecular complexity index is 950. The Morgan fingerprint density at radius 2 is 1.86 bits per heavy atom. The van der Waals surface area contributed by atoms with E-state index in [0.29, 0.717) is 17.9 Å². The minimum Gasteiger partial charge on any atom is -0.497 e. The van der Waals surface area contributed by atoms with Gasteiger partial charge in [-0.05, 0) is 54.1 Å². The van der Waals surface area contributed by atoms with Gasteiger partial charge in [0.2, 0.25) is 0 Å². The highest BCUT2D eigenvalue weighted by atomic mass is 16.5. The molecule has 28 heavy (non-hydrogen) atoms. The van der Waals surface area contributed by atoms with Crippen molar-refractivity contribution < 1.29 is 18.7 Å². The maximum absolute atomic E-state index is 12.8. The van der Waals surface area contributed by atoms with E-state index in [1.807, 2.05) is 66.7 Å². The van der Waals surface area contributed by atoms with Crippen LogP contribution in [0.1, 0.15) is 23.8 Å². The van der Waals surface area contributed by atoms with E-state index in [2.05, 4.69) is 5.10 Å². The molecule has 4 rings (SSSR count). The molecule has 0 aliphatic carbocycles. The second kappa shape index (κ2) is 8.00. The Morgan fingerprint density at radius 1 is 1.07 bits per heavy atom. The summed E-state index contributed by atoms with van der Waals surface area (Å²) in [5.41, 5.74) is 1.76. The van der Waals surface area contributed by atoms with Gasteiger partial charge in [0.1, 0.15) is 23.3 Å². The normalized spacial score (nSPS) is 16.0. The lowest BCUT2D eigenvalue weighted by atomic mass is 10.0. The molecule has 1 aromatic heterocycles. The Balaban J connectivity index is 1.55. The third-order valence-corrected chi connectivity index (χ3v) is 4.57. The number of carbonyl (C=O) groups excluding carboxylic acids is 1. The lowest BCUT2D eigenvalue weighted by Crippen LogP contribution is -2.31. The second-order valence-corrected chi connectivity index (χ2v) is 6.35. The van der Waals surface area contributed by atoms with E-state index in [-0.39, 0.29) is 18.6 Å². The third kappa shape index (κ3) is 3.76. The van der Waals surface area contributed by atoms with Gasteiger partial charge in [-0.25, -0.2) is 5.01 Å². The van der Waals surface area contributed by atoms with E-state index in [9.17, 15) is 4.79 Å². The largest absolute Gasteiger partial charge is 0.497 e. The number of rotatable bonds is 6. The Labute approximate surface area is 163 Å². The Hall–Kier alpha value is -3.54. The second-order valence-electron chi connectivity index (χ2n) is 6.35. The first-order chi connectivity index (χ1) is 13.7. The predicted molar refractivity (Wildman–Crippen MR) is 104 cm³/mol. The van der Waals surface area contributed by atoms with Crippen molar-refractivity contribution >= 4 is 11.6 Å². The summed E-state index contributed by atoms with van der Waals surface area (Å²) >= 11 is 0. The molecule has 142 valence electrons. The molecule has 1 aliphatic heterocycles. The molecule has 2 heterocycles. The van der Waals surface area contributed by atoms with Crippen LogP contribution in [0.15, 0.2) is 82.5 Å². The minimum absolute atomic E-state index is 0.0966. The number of furan rings is 1. The summed E-state index contributed by atoms with van der Waals surface area (Å²) in [6.45, 7) is -0.0966. The number of methoxy groups -OCH3 is 1. The molecule has 2 aromatic carbocycles. The molecule has 0 saturated heterocycles. The van der Waals surface area contributed by atoms with E-state index < -0.39 is 0 Å². The van der Waals surface area contributed by atoms with Gasteiger partial charge in [-0.1, -0.05) is 18.2 Å². The van der Waals surface area contributed by atoms with Crippen molar-refractivity contribution in [1.29, 1.82) is 0 Å². The van der Waals surface area contributed by atoms with Crippen molar-refractivity contribution in [2.75, 3.05) is 13.7 Å². The molecule has 0 N–H and O–H groups in total. The van der Waals surface area contributed by atoms with Gasteiger partial charge in [-0.2, -0.15) is 5.10 Å². The minimum atomic E-state index is -0.293. The quantitative estimate of drug-likeness (QED) is 0.651. The maximum Gasteiger partial charge on any atom is 0.281 e. The predicted octanol–water partition coefficient (Wildman–Crippen LogP) is 4.04. The van der Waals surface area contributed by atoms with Gasteiger partial charge in [0, 0.05) is 6.42 Å². The van der Waals surface area contributed by atoms with Crippen LogP contribution in [0.2, 0.25) is 0 Å². The molecule has 0 bridgehead atoms. The molecule has 0 spiro atoms. The van der Waals surface area contributed by atoms with Crippen LogP contribution in [-0.4, -0.2) is 30.3 Å². The fourth-order valence-electron chi connectivity index (χ4n) is 3.13. The van der Waals surface area contributed by atoms with Crippen molar-refractivity contribution in [1.82, 2.24) is 5.01 Å². The van der Waals surface area contributed by atoms with Crippen molar-refractivity contribution in [3.8, 4) is 11.5 Å². The van der Waals surface area contributed by atoms with Crippen molar-refractivity contribution in [3.63, 3.8) is 0 Å². The van der Waals surface area contributed by atoms with E-state index in [1.54, 1.807) is 13.4 Å². The zero-order chi connectivity index (χ0) is 19.3. The van der Waals surface area contributed by atoms with Crippen LogP contribution in [0.3, 0.4) is 0 Å². The molecule has 1 amide bonds. The van der Waals surface area contributed by atoms with Crippen LogP contribution >= 0.6 is 0 Å². The molecule has 3 aromatic rings. The molecule has 0 radical (unpaired) electrons. The van der Waals surface area contributed by atoms with E-state index in [0.717, 1.165) is 17.0 Å². The van der Waals surface area contributed by atoms with Crippen LogP contribution in [0.25, 0.3) is 0 Å². The van der Waals surface area contributed by atoms with Gasteiger partial charge in [0.15, 0.2) is 6.61 Å². The van der Waals surface area contributed by atoms with Crippen LogP contribution < -0.4 is 9.47 Å². The summed E-state index contributed by atoms with van der Waals surface area (Å²) in [6.07, 6.45) is 2.17. The SMILES string of the molecule is COc1ccc(C2=NN(C(=O)COc3ccccc3)[C@H](c3ccco3)C2)cc1. The first-order valence-corrected chi connectivity index (χ1v) is 9.00. The van der Waals surface area contributed by atoms with Gasteiger partial charge in [0.25, 0.3) is 5.91 Å². The Morgan fingerprint density at radius 3 is 2.54 bits per heavy atom. The summed E-state index contributed by atoms with van der Waals surface area (Å²) in [5, 5.41) is 6.04. The van der Waals surface area contributed by atoms with Crippen LogP contribution in [0.5, 0.6) is 11.5 Å². The number of hydrogen-bond donors (Lipinski definition) is 0. The van der Waals surface area contributed by atoms with Crippen molar-refractivity contribution in [3.05, 3.63) is 84.3 Å². The van der Waals surface area contributed by atoms with Gasteiger partial charge < -0.3 is 13.9 Å². The highest BCUT2D eigenvalue weighted by Gasteiger charge is 2.35. The summed E-state index contributed by atoms with van der Waals surface area (Å²) < 4.78 is 16.4. The zero-order valence-corrected chi connectivity index (χ0v) is 15.4. The number of carbonyl (C=O) groups is 1. The van der Waals surface area contributed by atoms with Gasteiger partial charge in [0.05, 0.1) is 19.1 Å². The average Bonchev–Trinajstić information content (AvgIpc) is 3.42. The fraction of sp³-hybridized carbons (Fsp3) is 0.182. The fourth-order valence-corrected chi connectivity index (χ4v) is 3.13. The molecule has 0 saturated carbocycles. The number of nitrogens with zero attached hydrogens (tertiary/aromatic N) is 2. The Kier molecular flexibility index (Phi) is 5.10. The molecule has 0 fully saturated rings. The lowest BCUT2D eigenvalue weighted by molar-refractivity contribution is -0.135. The molecule has 6 nitrogen and oxygen atoms in total. The van der Waals surface area contributed by atoms with Crippen molar-refractivity contribution in [2.24, 2.45) is 5.10 Å². The number of hydrazone groups is 1. The molecular formula is C22H20N2O4. The molecular weight excluding hydrogens is 356 g/mol.